The fourth-order valence-electron chi connectivity index (χ4n) is 1.79. The van der Waals surface area contributed by atoms with Crippen molar-refractivity contribution >= 4 is 0 Å². The molecule has 0 fully saturated rings. The molecule has 1 heterocycles. The number of rotatable bonds is 7. The van der Waals surface area contributed by atoms with Crippen LogP contribution in [0.3, 0.4) is 0 Å². The third-order valence-electron chi connectivity index (χ3n) is 2.99. The van der Waals surface area contributed by atoms with Crippen molar-refractivity contribution in [2.24, 2.45) is 5.92 Å². The van der Waals surface area contributed by atoms with E-state index in [1.165, 1.54) is 11.3 Å². The first-order valence-electron chi connectivity index (χ1n) is 7.10. The zero-order valence-corrected chi connectivity index (χ0v) is 12.5. The van der Waals surface area contributed by atoms with Gasteiger partial charge in [0.1, 0.15) is 5.82 Å². The summed E-state index contributed by atoms with van der Waals surface area (Å²) in [5.74, 6) is 1.70. The van der Waals surface area contributed by atoms with Crippen LogP contribution in [-0.2, 0) is 19.4 Å². The SMILES string of the molecule is CCc1nc(CCC(C)C)ncc1CNC(C)C. The molecule has 0 aromatic carbocycles. The van der Waals surface area contributed by atoms with Crippen molar-refractivity contribution in [2.45, 2.75) is 66.5 Å². The molecule has 1 aromatic heterocycles. The van der Waals surface area contributed by atoms with E-state index in [1.807, 2.05) is 6.20 Å². The van der Waals surface area contributed by atoms with E-state index < -0.39 is 0 Å². The Hall–Kier alpha value is -0.960. The van der Waals surface area contributed by atoms with Gasteiger partial charge in [-0.1, -0.05) is 34.6 Å². The molecule has 0 bridgehead atoms. The summed E-state index contributed by atoms with van der Waals surface area (Å²) in [6, 6.07) is 0.496. The van der Waals surface area contributed by atoms with Gasteiger partial charge in [0, 0.05) is 36.5 Å². The summed E-state index contributed by atoms with van der Waals surface area (Å²) >= 11 is 0. The summed E-state index contributed by atoms with van der Waals surface area (Å²) in [6.07, 6.45) is 5.12. The molecule has 3 heteroatoms. The topological polar surface area (TPSA) is 37.8 Å². The highest BCUT2D eigenvalue weighted by atomic mass is 14.9. The standard InChI is InChI=1S/C15H27N3/c1-6-14-13(9-16-12(4)5)10-17-15(18-14)8-7-11(2)3/h10-12,16H,6-9H2,1-5H3. The molecule has 1 rings (SSSR count). The minimum Gasteiger partial charge on any atom is -0.310 e. The van der Waals surface area contributed by atoms with Gasteiger partial charge in [0.25, 0.3) is 0 Å². The Balaban J connectivity index is 2.70. The lowest BCUT2D eigenvalue weighted by Crippen LogP contribution is -2.23. The Morgan fingerprint density at radius 2 is 1.94 bits per heavy atom. The van der Waals surface area contributed by atoms with Crippen LogP contribution in [0.5, 0.6) is 0 Å². The lowest BCUT2D eigenvalue weighted by Gasteiger charge is -2.12. The smallest absolute Gasteiger partial charge is 0.128 e. The van der Waals surface area contributed by atoms with Gasteiger partial charge in [-0.2, -0.15) is 0 Å². The molecular formula is C15H27N3. The van der Waals surface area contributed by atoms with E-state index in [0.717, 1.165) is 31.6 Å². The summed E-state index contributed by atoms with van der Waals surface area (Å²) in [6.45, 7) is 11.8. The molecule has 1 aromatic rings. The number of aryl methyl sites for hydroxylation is 2. The second-order valence-electron chi connectivity index (χ2n) is 5.58. The molecule has 0 saturated heterocycles. The van der Waals surface area contributed by atoms with Gasteiger partial charge in [0.15, 0.2) is 0 Å². The Morgan fingerprint density at radius 1 is 1.22 bits per heavy atom. The van der Waals surface area contributed by atoms with Gasteiger partial charge in [0.2, 0.25) is 0 Å². The predicted octanol–water partition coefficient (Wildman–Crippen LogP) is 3.13. The zero-order valence-electron chi connectivity index (χ0n) is 12.5. The number of nitrogens with zero attached hydrogens (tertiary/aromatic N) is 2. The number of hydrogen-bond donors (Lipinski definition) is 1. The molecule has 0 unspecified atom stereocenters. The minimum absolute atomic E-state index is 0.496. The first-order chi connectivity index (χ1) is 8.52. The number of aromatic nitrogens is 2. The van der Waals surface area contributed by atoms with Crippen molar-refractivity contribution < 1.29 is 0 Å². The third-order valence-corrected chi connectivity index (χ3v) is 2.99. The summed E-state index contributed by atoms with van der Waals surface area (Å²) in [7, 11) is 0. The van der Waals surface area contributed by atoms with Gasteiger partial charge >= 0.3 is 0 Å². The normalized spacial score (nSPS) is 11.5. The van der Waals surface area contributed by atoms with Gasteiger partial charge in [-0.05, 0) is 18.8 Å². The van der Waals surface area contributed by atoms with Crippen molar-refractivity contribution in [1.82, 2.24) is 15.3 Å². The van der Waals surface area contributed by atoms with Crippen LogP contribution in [0.1, 0.15) is 58.1 Å². The molecular weight excluding hydrogens is 222 g/mol. The third kappa shape index (κ3) is 5.13. The largest absolute Gasteiger partial charge is 0.310 e. The fourth-order valence-corrected chi connectivity index (χ4v) is 1.79. The van der Waals surface area contributed by atoms with Gasteiger partial charge in [-0.25, -0.2) is 9.97 Å². The maximum atomic E-state index is 4.69. The van der Waals surface area contributed by atoms with Gasteiger partial charge < -0.3 is 5.32 Å². The van der Waals surface area contributed by atoms with Crippen LogP contribution in [0.15, 0.2) is 6.20 Å². The monoisotopic (exact) mass is 249 g/mol. The van der Waals surface area contributed by atoms with Crippen LogP contribution in [0.2, 0.25) is 0 Å². The average molecular weight is 249 g/mol. The van der Waals surface area contributed by atoms with Gasteiger partial charge in [0.05, 0.1) is 0 Å². The average Bonchev–Trinajstić information content (AvgIpc) is 2.34. The maximum Gasteiger partial charge on any atom is 0.128 e. The molecule has 3 nitrogen and oxygen atoms in total. The lowest BCUT2D eigenvalue weighted by molar-refractivity contribution is 0.566. The van der Waals surface area contributed by atoms with Crippen molar-refractivity contribution in [3.63, 3.8) is 0 Å². The summed E-state index contributed by atoms with van der Waals surface area (Å²) < 4.78 is 0. The summed E-state index contributed by atoms with van der Waals surface area (Å²) in [4.78, 5) is 9.18. The molecule has 102 valence electrons. The molecule has 0 spiro atoms. The first kappa shape index (κ1) is 15.1. The van der Waals surface area contributed by atoms with Crippen LogP contribution >= 0.6 is 0 Å². The van der Waals surface area contributed by atoms with E-state index in [1.54, 1.807) is 0 Å². The highest BCUT2D eigenvalue weighted by molar-refractivity contribution is 5.17. The van der Waals surface area contributed by atoms with Crippen molar-refractivity contribution in [3.05, 3.63) is 23.3 Å². The predicted molar refractivity (Wildman–Crippen MR) is 76.5 cm³/mol. The maximum absolute atomic E-state index is 4.69. The Bertz CT molecular complexity index is 359. The Morgan fingerprint density at radius 3 is 2.50 bits per heavy atom. The molecule has 1 N–H and O–H groups in total. The van der Waals surface area contributed by atoms with E-state index in [0.29, 0.717) is 12.0 Å². The second-order valence-corrected chi connectivity index (χ2v) is 5.58. The van der Waals surface area contributed by atoms with Gasteiger partial charge in [-0.15, -0.1) is 0 Å². The molecule has 0 aliphatic carbocycles. The van der Waals surface area contributed by atoms with E-state index in [4.69, 9.17) is 0 Å². The van der Waals surface area contributed by atoms with Crippen molar-refractivity contribution in [2.75, 3.05) is 0 Å². The lowest BCUT2D eigenvalue weighted by atomic mass is 10.1. The highest BCUT2D eigenvalue weighted by Gasteiger charge is 2.07. The first-order valence-corrected chi connectivity index (χ1v) is 7.10. The molecule has 0 saturated carbocycles. The van der Waals surface area contributed by atoms with Crippen molar-refractivity contribution in [3.8, 4) is 0 Å². The van der Waals surface area contributed by atoms with E-state index in [9.17, 15) is 0 Å². The second kappa shape index (κ2) is 7.47. The quantitative estimate of drug-likeness (QED) is 0.807. The van der Waals surface area contributed by atoms with Crippen LogP contribution in [-0.4, -0.2) is 16.0 Å². The molecule has 18 heavy (non-hydrogen) atoms. The molecule has 0 aliphatic rings. The molecule has 0 atom stereocenters. The summed E-state index contributed by atoms with van der Waals surface area (Å²) in [5.41, 5.74) is 2.43. The van der Waals surface area contributed by atoms with E-state index in [2.05, 4.69) is 49.9 Å². The summed E-state index contributed by atoms with van der Waals surface area (Å²) in [5, 5.41) is 3.43. The molecule has 0 aliphatic heterocycles. The van der Waals surface area contributed by atoms with Gasteiger partial charge in [-0.3, -0.25) is 0 Å². The zero-order chi connectivity index (χ0) is 13.5. The van der Waals surface area contributed by atoms with E-state index >= 15 is 0 Å². The van der Waals surface area contributed by atoms with Crippen LogP contribution in [0.4, 0.5) is 0 Å². The van der Waals surface area contributed by atoms with Crippen LogP contribution < -0.4 is 5.32 Å². The Kier molecular flexibility index (Phi) is 6.27. The van der Waals surface area contributed by atoms with Crippen LogP contribution in [0.25, 0.3) is 0 Å². The minimum atomic E-state index is 0.496. The molecule has 0 radical (unpaired) electrons. The van der Waals surface area contributed by atoms with Crippen LogP contribution in [0, 0.1) is 5.92 Å². The van der Waals surface area contributed by atoms with Crippen molar-refractivity contribution in [1.29, 1.82) is 0 Å². The fraction of sp³-hybridized carbons (Fsp3) is 0.733. The molecule has 0 amide bonds. The number of hydrogen-bond acceptors (Lipinski definition) is 3. The van der Waals surface area contributed by atoms with E-state index in [-0.39, 0.29) is 0 Å². The highest BCUT2D eigenvalue weighted by Crippen LogP contribution is 2.10. The number of nitrogens with one attached hydrogen (secondary N) is 1. The Labute approximate surface area is 111 Å².